The molecule has 2 rings (SSSR count). The number of thioether (sulfide) groups is 1. The lowest BCUT2D eigenvalue weighted by Crippen LogP contribution is -2.49. The predicted molar refractivity (Wildman–Crippen MR) is 73.2 cm³/mol. The maximum absolute atomic E-state index is 12.0. The fourth-order valence-electron chi connectivity index (χ4n) is 2.02. The number of amides is 2. The zero-order chi connectivity index (χ0) is 14.5. The molecule has 0 aromatic carbocycles. The minimum Gasteiger partial charge on any atom is -0.480 e. The van der Waals surface area contributed by atoms with Crippen molar-refractivity contribution in [3.8, 4) is 0 Å². The highest BCUT2D eigenvalue weighted by molar-refractivity contribution is 8.00. The Morgan fingerprint density at radius 3 is 3.00 bits per heavy atom. The fourth-order valence-corrected chi connectivity index (χ4v) is 3.19. The van der Waals surface area contributed by atoms with Gasteiger partial charge in [-0.2, -0.15) is 0 Å². The average Bonchev–Trinajstić information content (AvgIpc) is 3.03. The van der Waals surface area contributed by atoms with Gasteiger partial charge in [-0.25, -0.2) is 9.59 Å². The number of urea groups is 1. The summed E-state index contributed by atoms with van der Waals surface area (Å²) < 4.78 is 1.68. The molecule has 1 aromatic heterocycles. The molecular weight excluding hydrogens is 282 g/mol. The molecule has 0 bridgehead atoms. The Balaban J connectivity index is 1.77. The number of aliphatic carboxylic acids is 1. The van der Waals surface area contributed by atoms with E-state index in [9.17, 15) is 9.59 Å². The summed E-state index contributed by atoms with van der Waals surface area (Å²) in [5.41, 5.74) is 0. The van der Waals surface area contributed by atoms with Crippen molar-refractivity contribution < 1.29 is 14.7 Å². The molecule has 0 saturated carbocycles. The van der Waals surface area contributed by atoms with Gasteiger partial charge < -0.3 is 10.4 Å². The molecule has 1 fully saturated rings. The summed E-state index contributed by atoms with van der Waals surface area (Å²) >= 11 is 1.47. The fraction of sp³-hybridized carbons (Fsp3) is 0.636. The maximum Gasteiger partial charge on any atom is 0.327 e. The molecule has 0 spiro atoms. The molecule has 0 radical (unpaired) electrons. The standard InChI is InChI=1S/C11H17N5O3S/c1-8-16(9(7-20-8)10(17)18)11(19)12-3-2-5-15-6-4-13-14-15/h4,6,8-9H,2-3,5,7H2,1H3,(H,12,19)(H,17,18). The van der Waals surface area contributed by atoms with Gasteiger partial charge in [-0.15, -0.1) is 16.9 Å². The summed E-state index contributed by atoms with van der Waals surface area (Å²) in [6.07, 6.45) is 4.06. The molecule has 8 nitrogen and oxygen atoms in total. The van der Waals surface area contributed by atoms with Gasteiger partial charge in [-0.05, 0) is 13.3 Å². The van der Waals surface area contributed by atoms with Crippen LogP contribution in [0.25, 0.3) is 0 Å². The third-order valence-electron chi connectivity index (χ3n) is 3.05. The van der Waals surface area contributed by atoms with Gasteiger partial charge in [0.25, 0.3) is 0 Å². The molecule has 2 unspecified atom stereocenters. The Morgan fingerprint density at radius 1 is 1.55 bits per heavy atom. The van der Waals surface area contributed by atoms with Gasteiger partial charge in [-0.1, -0.05) is 5.21 Å². The molecule has 1 saturated heterocycles. The SMILES string of the molecule is CC1SCC(C(=O)O)N1C(=O)NCCCn1ccnn1. The van der Waals surface area contributed by atoms with Crippen LogP contribution in [-0.4, -0.2) is 60.7 Å². The number of nitrogens with zero attached hydrogens (tertiary/aromatic N) is 4. The highest BCUT2D eigenvalue weighted by atomic mass is 32.2. The second-order valence-corrected chi connectivity index (χ2v) is 5.79. The molecule has 1 aliphatic rings. The quantitative estimate of drug-likeness (QED) is 0.755. The molecule has 2 atom stereocenters. The summed E-state index contributed by atoms with van der Waals surface area (Å²) in [4.78, 5) is 24.5. The van der Waals surface area contributed by atoms with Gasteiger partial charge in [-0.3, -0.25) is 9.58 Å². The van der Waals surface area contributed by atoms with Gasteiger partial charge in [0.1, 0.15) is 6.04 Å². The molecule has 2 N–H and O–H groups in total. The zero-order valence-corrected chi connectivity index (χ0v) is 11.9. The first-order valence-corrected chi connectivity index (χ1v) is 7.39. The summed E-state index contributed by atoms with van der Waals surface area (Å²) in [6.45, 7) is 2.97. The zero-order valence-electron chi connectivity index (χ0n) is 11.1. The van der Waals surface area contributed by atoms with E-state index in [1.54, 1.807) is 17.1 Å². The van der Waals surface area contributed by atoms with Crippen LogP contribution < -0.4 is 5.32 Å². The number of carboxylic acids is 1. The molecule has 9 heteroatoms. The van der Waals surface area contributed by atoms with E-state index < -0.39 is 12.0 Å². The number of carbonyl (C=O) groups is 2. The number of hydrogen-bond acceptors (Lipinski definition) is 5. The highest BCUT2D eigenvalue weighted by Gasteiger charge is 2.39. The van der Waals surface area contributed by atoms with Crippen LogP contribution in [-0.2, 0) is 11.3 Å². The van der Waals surface area contributed by atoms with E-state index in [2.05, 4.69) is 15.6 Å². The number of rotatable bonds is 5. The van der Waals surface area contributed by atoms with Gasteiger partial charge in [0.05, 0.1) is 11.6 Å². The molecule has 2 amide bonds. The lowest BCUT2D eigenvalue weighted by molar-refractivity contribution is -0.141. The Morgan fingerprint density at radius 2 is 2.35 bits per heavy atom. The van der Waals surface area contributed by atoms with Crippen LogP contribution in [0.3, 0.4) is 0 Å². The summed E-state index contributed by atoms with van der Waals surface area (Å²) in [7, 11) is 0. The Hall–Kier alpha value is -1.77. The van der Waals surface area contributed by atoms with Crippen molar-refractivity contribution in [2.45, 2.75) is 31.3 Å². The van der Waals surface area contributed by atoms with E-state index >= 15 is 0 Å². The summed E-state index contributed by atoms with van der Waals surface area (Å²) in [5.74, 6) is -0.525. The van der Waals surface area contributed by atoms with E-state index in [4.69, 9.17) is 5.11 Å². The van der Waals surface area contributed by atoms with Gasteiger partial charge in [0.15, 0.2) is 0 Å². The molecule has 1 aromatic rings. The molecule has 20 heavy (non-hydrogen) atoms. The number of hydrogen-bond donors (Lipinski definition) is 2. The molecule has 0 aliphatic carbocycles. The van der Waals surface area contributed by atoms with E-state index in [1.165, 1.54) is 16.7 Å². The lowest BCUT2D eigenvalue weighted by Gasteiger charge is -2.25. The number of carbonyl (C=O) groups excluding carboxylic acids is 1. The monoisotopic (exact) mass is 299 g/mol. The van der Waals surface area contributed by atoms with Crippen molar-refractivity contribution in [1.82, 2.24) is 25.2 Å². The van der Waals surface area contributed by atoms with Crippen LogP contribution in [0.2, 0.25) is 0 Å². The maximum atomic E-state index is 12.0. The van der Waals surface area contributed by atoms with E-state index in [1.807, 2.05) is 6.92 Å². The van der Waals surface area contributed by atoms with Crippen molar-refractivity contribution in [2.24, 2.45) is 0 Å². The van der Waals surface area contributed by atoms with Crippen molar-refractivity contribution in [1.29, 1.82) is 0 Å². The van der Waals surface area contributed by atoms with Crippen LogP contribution in [0, 0.1) is 0 Å². The summed E-state index contributed by atoms with van der Waals surface area (Å²) in [5, 5.41) is 19.2. The first-order valence-electron chi connectivity index (χ1n) is 6.34. The number of aromatic nitrogens is 3. The topological polar surface area (TPSA) is 100 Å². The summed E-state index contributed by atoms with van der Waals surface area (Å²) in [6, 6.07) is -1.07. The highest BCUT2D eigenvalue weighted by Crippen LogP contribution is 2.28. The predicted octanol–water partition coefficient (Wildman–Crippen LogP) is 0.226. The third-order valence-corrected chi connectivity index (χ3v) is 4.27. The van der Waals surface area contributed by atoms with Crippen molar-refractivity contribution in [3.05, 3.63) is 12.4 Å². The van der Waals surface area contributed by atoms with Crippen LogP contribution >= 0.6 is 11.8 Å². The Kier molecular flexibility index (Phi) is 4.83. The molecule has 1 aliphatic heterocycles. The van der Waals surface area contributed by atoms with Crippen molar-refractivity contribution in [2.75, 3.05) is 12.3 Å². The number of nitrogens with one attached hydrogen (secondary N) is 1. The molecule has 2 heterocycles. The minimum absolute atomic E-state index is 0.119. The Bertz CT molecular complexity index is 467. The number of carboxylic acid groups (broad SMARTS) is 1. The first kappa shape index (κ1) is 14.6. The molecule has 110 valence electrons. The first-order chi connectivity index (χ1) is 9.59. The van der Waals surface area contributed by atoms with Crippen molar-refractivity contribution in [3.63, 3.8) is 0 Å². The van der Waals surface area contributed by atoms with Crippen LogP contribution in [0.4, 0.5) is 4.79 Å². The van der Waals surface area contributed by atoms with Gasteiger partial charge >= 0.3 is 12.0 Å². The van der Waals surface area contributed by atoms with Gasteiger partial charge in [0, 0.05) is 25.0 Å². The normalized spacial score (nSPS) is 21.9. The van der Waals surface area contributed by atoms with E-state index in [0.717, 1.165) is 0 Å². The van der Waals surface area contributed by atoms with Crippen LogP contribution in [0.15, 0.2) is 12.4 Å². The molecular formula is C11H17N5O3S. The third kappa shape index (κ3) is 3.41. The Labute approximate surface area is 120 Å². The number of aryl methyl sites for hydroxylation is 1. The van der Waals surface area contributed by atoms with Crippen LogP contribution in [0.5, 0.6) is 0 Å². The van der Waals surface area contributed by atoms with Crippen molar-refractivity contribution >= 4 is 23.8 Å². The lowest BCUT2D eigenvalue weighted by atomic mass is 10.3. The van der Waals surface area contributed by atoms with E-state index in [0.29, 0.717) is 25.3 Å². The minimum atomic E-state index is -0.959. The average molecular weight is 299 g/mol. The van der Waals surface area contributed by atoms with Gasteiger partial charge in [0.2, 0.25) is 0 Å². The van der Waals surface area contributed by atoms with Crippen LogP contribution in [0.1, 0.15) is 13.3 Å². The smallest absolute Gasteiger partial charge is 0.327 e. The van der Waals surface area contributed by atoms with E-state index in [-0.39, 0.29) is 11.4 Å². The second kappa shape index (κ2) is 6.60. The largest absolute Gasteiger partial charge is 0.480 e. The second-order valence-electron chi connectivity index (χ2n) is 4.45.